The first-order valence-corrected chi connectivity index (χ1v) is 9.49. The van der Waals surface area contributed by atoms with Gasteiger partial charge in [-0.1, -0.05) is 37.5 Å². The third-order valence-corrected chi connectivity index (χ3v) is 5.50. The summed E-state index contributed by atoms with van der Waals surface area (Å²) in [5.74, 6) is 1.96. The molecule has 1 atom stereocenters. The number of piperidine rings is 1. The van der Waals surface area contributed by atoms with Crippen LogP contribution in [0.25, 0.3) is 11.5 Å². The maximum absolute atomic E-state index is 12.8. The van der Waals surface area contributed by atoms with Crippen molar-refractivity contribution >= 4 is 5.91 Å². The van der Waals surface area contributed by atoms with Crippen LogP contribution in [0.3, 0.4) is 0 Å². The molecule has 0 N–H and O–H groups in total. The van der Waals surface area contributed by atoms with Crippen molar-refractivity contribution in [2.24, 2.45) is 5.92 Å². The summed E-state index contributed by atoms with van der Waals surface area (Å²) in [5, 5.41) is 8.47. The van der Waals surface area contributed by atoms with Gasteiger partial charge in [0, 0.05) is 24.6 Å². The standard InChI is InChI=1S/C20H25N3O2/c24-20(16-10-5-2-6-11-16)23-13-7-12-17(14-23)19-22-21-18(25-19)15-8-3-1-4-9-15/h1,3-4,8-9,16-17H,2,5-7,10-14H2/t17-/m0/s1. The second kappa shape index (κ2) is 7.38. The van der Waals surface area contributed by atoms with Crippen LogP contribution in [0.4, 0.5) is 0 Å². The van der Waals surface area contributed by atoms with E-state index < -0.39 is 0 Å². The molecule has 132 valence electrons. The van der Waals surface area contributed by atoms with Gasteiger partial charge in [-0.25, -0.2) is 0 Å². The molecule has 1 aliphatic carbocycles. The summed E-state index contributed by atoms with van der Waals surface area (Å²) >= 11 is 0. The first-order valence-electron chi connectivity index (χ1n) is 9.49. The quantitative estimate of drug-likeness (QED) is 0.847. The van der Waals surface area contributed by atoms with Crippen LogP contribution in [-0.2, 0) is 4.79 Å². The molecule has 2 aliphatic rings. The molecule has 1 amide bonds. The van der Waals surface area contributed by atoms with E-state index in [9.17, 15) is 4.79 Å². The Bertz CT molecular complexity index is 707. The molecular formula is C20H25N3O2. The fourth-order valence-electron chi connectivity index (χ4n) is 4.08. The highest BCUT2D eigenvalue weighted by Gasteiger charge is 2.32. The van der Waals surface area contributed by atoms with Gasteiger partial charge in [-0.05, 0) is 37.8 Å². The van der Waals surface area contributed by atoms with Crippen LogP contribution in [0, 0.1) is 5.92 Å². The zero-order chi connectivity index (χ0) is 17.1. The van der Waals surface area contributed by atoms with Gasteiger partial charge < -0.3 is 9.32 Å². The number of amides is 1. The summed E-state index contributed by atoms with van der Waals surface area (Å²) in [7, 11) is 0. The minimum atomic E-state index is 0.159. The monoisotopic (exact) mass is 339 g/mol. The third kappa shape index (κ3) is 3.60. The molecule has 1 aromatic carbocycles. The number of nitrogens with zero attached hydrogens (tertiary/aromatic N) is 3. The van der Waals surface area contributed by atoms with E-state index in [4.69, 9.17) is 4.42 Å². The lowest BCUT2D eigenvalue weighted by molar-refractivity contribution is -0.137. The van der Waals surface area contributed by atoms with E-state index in [-0.39, 0.29) is 11.8 Å². The zero-order valence-corrected chi connectivity index (χ0v) is 14.6. The van der Waals surface area contributed by atoms with E-state index in [2.05, 4.69) is 10.2 Å². The van der Waals surface area contributed by atoms with E-state index in [0.717, 1.165) is 37.8 Å². The summed E-state index contributed by atoms with van der Waals surface area (Å²) in [6.07, 6.45) is 7.78. The van der Waals surface area contributed by atoms with E-state index >= 15 is 0 Å². The van der Waals surface area contributed by atoms with Crippen LogP contribution >= 0.6 is 0 Å². The molecule has 5 heteroatoms. The van der Waals surface area contributed by atoms with E-state index in [1.165, 1.54) is 19.3 Å². The fourth-order valence-corrected chi connectivity index (χ4v) is 4.08. The summed E-state index contributed by atoms with van der Waals surface area (Å²) < 4.78 is 5.92. The van der Waals surface area contributed by atoms with Crippen molar-refractivity contribution in [3.63, 3.8) is 0 Å². The summed E-state index contributed by atoms with van der Waals surface area (Å²) in [6, 6.07) is 9.83. The SMILES string of the molecule is O=C(C1CCCCC1)N1CCC[C@H](c2nnc(-c3ccccc3)o2)C1. The van der Waals surface area contributed by atoms with Gasteiger partial charge in [0.15, 0.2) is 0 Å². The predicted octanol–water partition coefficient (Wildman–Crippen LogP) is 4.02. The zero-order valence-electron chi connectivity index (χ0n) is 14.6. The average Bonchev–Trinajstić information content (AvgIpc) is 3.19. The van der Waals surface area contributed by atoms with E-state index in [1.54, 1.807) is 0 Å². The van der Waals surface area contributed by atoms with Crippen molar-refractivity contribution in [2.75, 3.05) is 13.1 Å². The van der Waals surface area contributed by atoms with Gasteiger partial charge in [0.25, 0.3) is 0 Å². The Labute approximate surface area is 148 Å². The molecule has 0 spiro atoms. The number of benzene rings is 1. The minimum absolute atomic E-state index is 0.159. The first-order chi connectivity index (χ1) is 12.3. The highest BCUT2D eigenvalue weighted by atomic mass is 16.4. The lowest BCUT2D eigenvalue weighted by atomic mass is 9.87. The van der Waals surface area contributed by atoms with Crippen molar-refractivity contribution in [3.8, 4) is 11.5 Å². The molecular weight excluding hydrogens is 314 g/mol. The molecule has 1 aromatic heterocycles. The molecule has 1 saturated carbocycles. The van der Waals surface area contributed by atoms with Crippen LogP contribution in [0.2, 0.25) is 0 Å². The van der Waals surface area contributed by atoms with E-state index in [1.807, 2.05) is 35.2 Å². The number of hydrogen-bond donors (Lipinski definition) is 0. The molecule has 2 fully saturated rings. The third-order valence-electron chi connectivity index (χ3n) is 5.50. The van der Waals surface area contributed by atoms with E-state index in [0.29, 0.717) is 24.2 Å². The Morgan fingerprint density at radius 1 is 1.00 bits per heavy atom. The summed E-state index contributed by atoms with van der Waals surface area (Å²) in [6.45, 7) is 1.58. The molecule has 1 saturated heterocycles. The van der Waals surface area contributed by atoms with Crippen LogP contribution < -0.4 is 0 Å². The Hall–Kier alpha value is -2.17. The van der Waals surface area contributed by atoms with Gasteiger partial charge >= 0.3 is 0 Å². The first kappa shape index (κ1) is 16.3. The Kier molecular flexibility index (Phi) is 4.81. The highest BCUT2D eigenvalue weighted by molar-refractivity contribution is 5.79. The Balaban J connectivity index is 1.44. The molecule has 1 aliphatic heterocycles. The minimum Gasteiger partial charge on any atom is -0.420 e. The van der Waals surface area contributed by atoms with Crippen LogP contribution in [-0.4, -0.2) is 34.1 Å². The number of carbonyl (C=O) groups is 1. The number of likely N-dealkylation sites (tertiary alicyclic amines) is 1. The molecule has 4 rings (SSSR count). The molecule has 2 heterocycles. The average molecular weight is 339 g/mol. The molecule has 0 unspecified atom stereocenters. The lowest BCUT2D eigenvalue weighted by Crippen LogP contribution is -2.42. The fraction of sp³-hybridized carbons (Fsp3) is 0.550. The molecule has 25 heavy (non-hydrogen) atoms. The summed E-state index contributed by atoms with van der Waals surface area (Å²) in [4.78, 5) is 14.9. The molecule has 0 bridgehead atoms. The molecule has 0 radical (unpaired) electrons. The van der Waals surface area contributed by atoms with Crippen molar-refractivity contribution in [1.29, 1.82) is 0 Å². The smallest absolute Gasteiger partial charge is 0.247 e. The maximum Gasteiger partial charge on any atom is 0.247 e. The van der Waals surface area contributed by atoms with Crippen molar-refractivity contribution in [3.05, 3.63) is 36.2 Å². The maximum atomic E-state index is 12.8. The summed E-state index contributed by atoms with van der Waals surface area (Å²) in [5.41, 5.74) is 0.937. The van der Waals surface area contributed by atoms with Crippen LogP contribution in [0.1, 0.15) is 56.8 Å². The van der Waals surface area contributed by atoms with Crippen molar-refractivity contribution in [2.45, 2.75) is 50.9 Å². The number of hydrogen-bond acceptors (Lipinski definition) is 4. The van der Waals surface area contributed by atoms with Crippen molar-refractivity contribution in [1.82, 2.24) is 15.1 Å². The van der Waals surface area contributed by atoms with Gasteiger partial charge in [0.1, 0.15) is 0 Å². The van der Waals surface area contributed by atoms with Crippen molar-refractivity contribution < 1.29 is 9.21 Å². The predicted molar refractivity (Wildman–Crippen MR) is 94.9 cm³/mol. The van der Waals surface area contributed by atoms with Gasteiger partial charge in [0.2, 0.25) is 17.7 Å². The number of carbonyl (C=O) groups excluding carboxylic acids is 1. The van der Waals surface area contributed by atoms with Gasteiger partial charge in [-0.2, -0.15) is 0 Å². The Morgan fingerprint density at radius 2 is 1.80 bits per heavy atom. The molecule has 2 aromatic rings. The second-order valence-corrected chi connectivity index (χ2v) is 7.27. The van der Waals surface area contributed by atoms with Gasteiger partial charge in [0.05, 0.1) is 5.92 Å². The number of rotatable bonds is 3. The largest absolute Gasteiger partial charge is 0.420 e. The highest BCUT2D eigenvalue weighted by Crippen LogP contribution is 2.31. The van der Waals surface area contributed by atoms with Gasteiger partial charge in [-0.15, -0.1) is 10.2 Å². The molecule has 5 nitrogen and oxygen atoms in total. The normalized spacial score (nSPS) is 22.1. The van der Waals surface area contributed by atoms with Crippen LogP contribution in [0.5, 0.6) is 0 Å². The second-order valence-electron chi connectivity index (χ2n) is 7.27. The lowest BCUT2D eigenvalue weighted by Gasteiger charge is -2.34. The topological polar surface area (TPSA) is 59.2 Å². The Morgan fingerprint density at radius 3 is 2.60 bits per heavy atom. The van der Waals surface area contributed by atoms with Gasteiger partial charge in [-0.3, -0.25) is 4.79 Å². The number of aromatic nitrogens is 2. The van der Waals surface area contributed by atoms with Crippen LogP contribution in [0.15, 0.2) is 34.7 Å².